The summed E-state index contributed by atoms with van der Waals surface area (Å²) in [5.74, 6) is 1.75. The van der Waals surface area contributed by atoms with Crippen LogP contribution in [0.25, 0.3) is 0 Å². The molecule has 150 valence electrons. The van der Waals surface area contributed by atoms with Crippen molar-refractivity contribution in [2.45, 2.75) is 25.3 Å². The molecule has 2 amide bonds. The van der Waals surface area contributed by atoms with Crippen molar-refractivity contribution in [3.63, 3.8) is 0 Å². The van der Waals surface area contributed by atoms with Crippen molar-refractivity contribution in [1.29, 1.82) is 0 Å². The lowest BCUT2D eigenvalue weighted by Gasteiger charge is -2.15. The number of amides is 2. The minimum atomic E-state index is -0.412. The van der Waals surface area contributed by atoms with Crippen molar-refractivity contribution in [2.75, 3.05) is 33.2 Å². The first-order valence-corrected chi connectivity index (χ1v) is 8.97. The van der Waals surface area contributed by atoms with Crippen LogP contribution in [-0.4, -0.2) is 43.5 Å². The minimum absolute atomic E-state index is 0.108. The predicted octanol–water partition coefficient (Wildman–Crippen LogP) is 1.97. The summed E-state index contributed by atoms with van der Waals surface area (Å²) in [6.45, 7) is 0.611. The Labute approximate surface area is 162 Å². The number of rotatable bonds is 8. The molecule has 1 aromatic heterocycles. The molecule has 2 N–H and O–H groups in total. The number of nitrogens with one attached hydrogen (secondary N) is 2. The van der Waals surface area contributed by atoms with E-state index in [0.717, 1.165) is 18.5 Å². The monoisotopic (exact) mass is 388 g/mol. The Hall–Kier alpha value is -3.23. The van der Waals surface area contributed by atoms with Gasteiger partial charge in [-0.2, -0.15) is 0 Å². The molecular formula is C19H24N4O5. The fraction of sp³-hybridized carbons (Fsp3) is 0.421. The molecule has 0 atom stereocenters. The second kappa shape index (κ2) is 8.64. The van der Waals surface area contributed by atoms with Crippen LogP contribution >= 0.6 is 0 Å². The van der Waals surface area contributed by atoms with Crippen LogP contribution in [0.1, 0.15) is 24.5 Å². The van der Waals surface area contributed by atoms with E-state index in [2.05, 4.69) is 15.6 Å². The van der Waals surface area contributed by atoms with E-state index >= 15 is 0 Å². The second-order valence-corrected chi connectivity index (χ2v) is 6.41. The molecule has 28 heavy (non-hydrogen) atoms. The summed E-state index contributed by atoms with van der Waals surface area (Å²) in [6.07, 6.45) is 3.73. The van der Waals surface area contributed by atoms with Crippen molar-refractivity contribution in [3.05, 3.63) is 40.6 Å². The maximum absolute atomic E-state index is 12.2. The Balaban J connectivity index is 1.56. The lowest BCUT2D eigenvalue weighted by Crippen LogP contribution is -2.33. The van der Waals surface area contributed by atoms with Gasteiger partial charge in [0.05, 0.1) is 39.0 Å². The number of hydrogen-bond donors (Lipinski definition) is 2. The number of hydrogen-bond acceptors (Lipinski definition) is 6. The molecule has 1 aliphatic carbocycles. The van der Waals surface area contributed by atoms with E-state index in [1.807, 2.05) is 0 Å². The lowest BCUT2D eigenvalue weighted by molar-refractivity contribution is 0.251. The molecule has 3 rings (SSSR count). The van der Waals surface area contributed by atoms with E-state index < -0.39 is 6.03 Å². The topological polar surface area (TPSA) is 104 Å². The second-order valence-electron chi connectivity index (χ2n) is 6.41. The smallest absolute Gasteiger partial charge is 0.319 e. The predicted molar refractivity (Wildman–Crippen MR) is 104 cm³/mol. The van der Waals surface area contributed by atoms with E-state index in [9.17, 15) is 9.59 Å². The van der Waals surface area contributed by atoms with Crippen LogP contribution in [0.15, 0.2) is 29.3 Å². The summed E-state index contributed by atoms with van der Waals surface area (Å²) in [5.41, 5.74) is 1.23. The van der Waals surface area contributed by atoms with E-state index in [-0.39, 0.29) is 12.1 Å². The molecule has 1 fully saturated rings. The molecule has 0 bridgehead atoms. The Bertz CT molecular complexity index is 882. The number of methoxy groups -OCH3 is 3. The zero-order valence-corrected chi connectivity index (χ0v) is 16.2. The summed E-state index contributed by atoms with van der Waals surface area (Å²) >= 11 is 0. The van der Waals surface area contributed by atoms with Crippen molar-refractivity contribution >= 4 is 11.7 Å². The molecule has 1 heterocycles. The average molecular weight is 388 g/mol. The maximum Gasteiger partial charge on any atom is 0.319 e. The molecule has 0 aliphatic heterocycles. The summed E-state index contributed by atoms with van der Waals surface area (Å²) in [7, 11) is 4.51. The number of carbonyl (C=O) groups excluding carboxylic acids is 1. The van der Waals surface area contributed by atoms with Crippen LogP contribution in [0, 0.1) is 0 Å². The molecule has 0 radical (unpaired) electrons. The molecule has 9 heteroatoms. The number of aromatic nitrogens is 2. The first kappa shape index (κ1) is 19.5. The van der Waals surface area contributed by atoms with Crippen LogP contribution < -0.4 is 30.4 Å². The molecule has 1 saturated carbocycles. The summed E-state index contributed by atoms with van der Waals surface area (Å²) in [6, 6.07) is 4.43. The zero-order valence-electron chi connectivity index (χ0n) is 16.2. The highest BCUT2D eigenvalue weighted by Gasteiger charge is 2.25. The van der Waals surface area contributed by atoms with Gasteiger partial charge in [-0.15, -0.1) is 0 Å². The number of benzene rings is 1. The number of anilines is 1. The molecule has 0 spiro atoms. The van der Waals surface area contributed by atoms with Crippen molar-refractivity contribution in [2.24, 2.45) is 0 Å². The highest BCUT2D eigenvalue weighted by molar-refractivity contribution is 5.90. The van der Waals surface area contributed by atoms with Gasteiger partial charge in [0.15, 0.2) is 11.5 Å². The molecule has 1 aliphatic rings. The number of carbonyl (C=O) groups is 1. The SMILES string of the molecule is COc1cc(NC(=O)NCCn2cnc(C3CC3)cc2=O)cc(OC)c1OC. The van der Waals surface area contributed by atoms with Crippen LogP contribution in [0.2, 0.25) is 0 Å². The van der Waals surface area contributed by atoms with Crippen LogP contribution in [0.3, 0.4) is 0 Å². The summed E-state index contributed by atoms with van der Waals surface area (Å²) in [4.78, 5) is 28.6. The normalized spacial score (nSPS) is 13.0. The molecule has 9 nitrogen and oxygen atoms in total. The van der Waals surface area contributed by atoms with Gasteiger partial charge in [0, 0.05) is 37.2 Å². The summed E-state index contributed by atoms with van der Waals surface area (Å²) < 4.78 is 17.3. The maximum atomic E-state index is 12.2. The number of ether oxygens (including phenoxy) is 3. The van der Waals surface area contributed by atoms with Gasteiger partial charge in [-0.05, 0) is 12.8 Å². The third-order valence-electron chi connectivity index (χ3n) is 4.46. The van der Waals surface area contributed by atoms with Gasteiger partial charge in [-0.1, -0.05) is 0 Å². The van der Waals surface area contributed by atoms with Gasteiger partial charge >= 0.3 is 6.03 Å². The molecule has 0 saturated heterocycles. The Morgan fingerprint density at radius 1 is 1.14 bits per heavy atom. The standard InChI is InChI=1S/C19H24N4O5/c1-26-15-8-13(9-16(27-2)18(15)28-3)22-19(25)20-6-7-23-11-21-14(10-17(23)24)12-4-5-12/h8-12H,4-7H2,1-3H3,(H2,20,22,25). The van der Waals surface area contributed by atoms with Crippen molar-refractivity contribution in [3.8, 4) is 17.2 Å². The van der Waals surface area contributed by atoms with Gasteiger partial charge in [0.1, 0.15) is 0 Å². The first-order chi connectivity index (χ1) is 13.5. The number of nitrogens with zero attached hydrogens (tertiary/aromatic N) is 2. The fourth-order valence-corrected chi connectivity index (χ4v) is 2.83. The van der Waals surface area contributed by atoms with E-state index in [1.54, 1.807) is 18.2 Å². The molecule has 2 aromatic rings. The van der Waals surface area contributed by atoms with E-state index in [0.29, 0.717) is 35.4 Å². The van der Waals surface area contributed by atoms with Gasteiger partial charge in [0.2, 0.25) is 5.75 Å². The van der Waals surface area contributed by atoms with Crippen molar-refractivity contribution < 1.29 is 19.0 Å². The molecular weight excluding hydrogens is 364 g/mol. The van der Waals surface area contributed by atoms with Gasteiger partial charge in [-0.3, -0.25) is 9.36 Å². The third-order valence-corrected chi connectivity index (χ3v) is 4.46. The average Bonchev–Trinajstić information content (AvgIpc) is 3.53. The number of urea groups is 1. The lowest BCUT2D eigenvalue weighted by atomic mass is 10.2. The molecule has 1 aromatic carbocycles. The van der Waals surface area contributed by atoms with Crippen LogP contribution in [0.4, 0.5) is 10.5 Å². The zero-order chi connectivity index (χ0) is 20.1. The Morgan fingerprint density at radius 2 is 1.82 bits per heavy atom. The quantitative estimate of drug-likeness (QED) is 0.717. The highest BCUT2D eigenvalue weighted by atomic mass is 16.5. The molecule has 0 unspecified atom stereocenters. The highest BCUT2D eigenvalue weighted by Crippen LogP contribution is 2.40. The van der Waals surface area contributed by atoms with E-state index in [1.165, 1.54) is 32.2 Å². The van der Waals surface area contributed by atoms with Gasteiger partial charge in [0.25, 0.3) is 5.56 Å². The first-order valence-electron chi connectivity index (χ1n) is 8.97. The third kappa shape index (κ3) is 4.54. The minimum Gasteiger partial charge on any atom is -0.493 e. The van der Waals surface area contributed by atoms with Gasteiger partial charge < -0.3 is 24.8 Å². The van der Waals surface area contributed by atoms with Crippen LogP contribution in [0.5, 0.6) is 17.2 Å². The van der Waals surface area contributed by atoms with E-state index in [4.69, 9.17) is 14.2 Å². The largest absolute Gasteiger partial charge is 0.493 e. The van der Waals surface area contributed by atoms with Crippen LogP contribution in [-0.2, 0) is 6.54 Å². The Kier molecular flexibility index (Phi) is 6.03. The Morgan fingerprint density at radius 3 is 2.36 bits per heavy atom. The fourth-order valence-electron chi connectivity index (χ4n) is 2.83. The summed E-state index contributed by atoms with van der Waals surface area (Å²) in [5, 5.41) is 5.42. The van der Waals surface area contributed by atoms with Gasteiger partial charge in [-0.25, -0.2) is 9.78 Å². The van der Waals surface area contributed by atoms with Crippen molar-refractivity contribution in [1.82, 2.24) is 14.9 Å².